The van der Waals surface area contributed by atoms with Gasteiger partial charge in [-0.3, -0.25) is 9.59 Å². The van der Waals surface area contributed by atoms with Crippen molar-refractivity contribution in [2.45, 2.75) is 6.42 Å². The summed E-state index contributed by atoms with van der Waals surface area (Å²) in [6.07, 6.45) is 0.0905. The van der Waals surface area contributed by atoms with Crippen molar-refractivity contribution in [1.29, 1.82) is 0 Å². The molecule has 0 aliphatic carbocycles. The average Bonchev–Trinajstić information content (AvgIpc) is 3.06. The normalized spacial score (nSPS) is 14.2. The van der Waals surface area contributed by atoms with Crippen molar-refractivity contribution in [1.82, 2.24) is 5.32 Å². The molecule has 106 valence electrons. The number of hydrogen-bond acceptors (Lipinski definition) is 4. The van der Waals surface area contributed by atoms with Crippen LogP contribution >= 0.6 is 27.3 Å². The Morgan fingerprint density at radius 3 is 2.67 bits per heavy atom. The van der Waals surface area contributed by atoms with Crippen LogP contribution in [0.4, 0.5) is 5.69 Å². The lowest BCUT2D eigenvalue weighted by Gasteiger charge is -2.10. The molecular formula is C14H10BrN3O2S. The lowest BCUT2D eigenvalue weighted by molar-refractivity contribution is -0.116. The molecule has 2 amide bonds. The molecule has 2 aromatic rings. The van der Waals surface area contributed by atoms with E-state index in [1.807, 2.05) is 18.2 Å². The number of carbonyl (C=O) groups excluding carboxylic acids is 2. The molecule has 1 aromatic carbocycles. The third-order valence-corrected chi connectivity index (χ3v) is 4.45. The Kier molecular flexibility index (Phi) is 3.85. The van der Waals surface area contributed by atoms with Crippen LogP contribution in [0, 0.1) is 0 Å². The number of para-hydroxylation sites is 1. The van der Waals surface area contributed by atoms with Gasteiger partial charge in [-0.05, 0) is 40.2 Å². The second-order valence-corrected chi connectivity index (χ2v) is 6.79. The molecule has 0 saturated heterocycles. The molecule has 1 aromatic heterocycles. The molecule has 1 N–H and O–H groups in total. The van der Waals surface area contributed by atoms with Gasteiger partial charge in [0.1, 0.15) is 5.84 Å². The molecule has 0 fully saturated rings. The van der Waals surface area contributed by atoms with Crippen molar-refractivity contribution < 1.29 is 9.59 Å². The lowest BCUT2D eigenvalue weighted by atomic mass is 10.3. The standard InChI is InChI=1S/C14H10BrN3O2S/c15-11-7-6-10(21-11)14(20)16-12-8-13(19)18(17-12)9-4-2-1-3-5-9/h1-7H,8H2,(H,16,17,20). The second-order valence-electron chi connectivity index (χ2n) is 4.32. The summed E-state index contributed by atoms with van der Waals surface area (Å²) in [4.78, 5) is 24.6. The summed E-state index contributed by atoms with van der Waals surface area (Å²) in [5.41, 5.74) is 0.686. The Balaban J connectivity index is 1.75. The van der Waals surface area contributed by atoms with Crippen LogP contribution in [-0.2, 0) is 4.79 Å². The van der Waals surface area contributed by atoms with E-state index in [9.17, 15) is 9.59 Å². The van der Waals surface area contributed by atoms with Crippen molar-refractivity contribution in [3.8, 4) is 0 Å². The first-order valence-electron chi connectivity index (χ1n) is 6.15. The number of amidine groups is 1. The third kappa shape index (κ3) is 3.03. The molecule has 0 bridgehead atoms. The first-order valence-corrected chi connectivity index (χ1v) is 7.76. The highest BCUT2D eigenvalue weighted by atomic mass is 79.9. The van der Waals surface area contributed by atoms with Crippen molar-refractivity contribution in [2.24, 2.45) is 5.10 Å². The van der Waals surface area contributed by atoms with Gasteiger partial charge >= 0.3 is 0 Å². The summed E-state index contributed by atoms with van der Waals surface area (Å²) < 4.78 is 0.878. The molecule has 1 aliphatic heterocycles. The largest absolute Gasteiger partial charge is 0.307 e. The highest BCUT2D eigenvalue weighted by Gasteiger charge is 2.26. The van der Waals surface area contributed by atoms with E-state index in [0.29, 0.717) is 16.4 Å². The van der Waals surface area contributed by atoms with Crippen LogP contribution in [0.2, 0.25) is 0 Å². The molecule has 1 aliphatic rings. The van der Waals surface area contributed by atoms with Crippen molar-refractivity contribution in [3.63, 3.8) is 0 Å². The van der Waals surface area contributed by atoms with E-state index in [4.69, 9.17) is 0 Å². The molecule has 0 radical (unpaired) electrons. The molecule has 0 unspecified atom stereocenters. The maximum atomic E-state index is 12.0. The van der Waals surface area contributed by atoms with Crippen LogP contribution in [0.5, 0.6) is 0 Å². The van der Waals surface area contributed by atoms with E-state index in [2.05, 4.69) is 26.3 Å². The first-order chi connectivity index (χ1) is 10.1. The van der Waals surface area contributed by atoms with Crippen LogP contribution in [0.15, 0.2) is 51.4 Å². The minimum absolute atomic E-state index is 0.0905. The zero-order valence-corrected chi connectivity index (χ0v) is 13.1. The smallest absolute Gasteiger partial charge is 0.266 e. The summed E-state index contributed by atoms with van der Waals surface area (Å²) >= 11 is 4.64. The Bertz CT molecular complexity index is 727. The minimum Gasteiger partial charge on any atom is -0.307 e. The SMILES string of the molecule is O=C(NC1=NN(c2ccccc2)C(=O)C1)c1ccc(Br)s1. The molecular weight excluding hydrogens is 354 g/mol. The number of halogens is 1. The van der Waals surface area contributed by atoms with Gasteiger partial charge in [0.05, 0.1) is 20.8 Å². The van der Waals surface area contributed by atoms with Gasteiger partial charge in [0.2, 0.25) is 0 Å². The van der Waals surface area contributed by atoms with Crippen molar-refractivity contribution in [3.05, 3.63) is 51.1 Å². The van der Waals surface area contributed by atoms with Gasteiger partial charge in [0.15, 0.2) is 0 Å². The predicted molar refractivity (Wildman–Crippen MR) is 85.5 cm³/mol. The minimum atomic E-state index is -0.257. The molecule has 5 nitrogen and oxygen atoms in total. The fourth-order valence-corrected chi connectivity index (χ4v) is 3.18. The molecule has 2 heterocycles. The molecule has 0 saturated carbocycles. The number of benzene rings is 1. The number of nitrogens with one attached hydrogen (secondary N) is 1. The Labute approximate surface area is 133 Å². The topological polar surface area (TPSA) is 61.8 Å². The van der Waals surface area contributed by atoms with Crippen LogP contribution in [0.1, 0.15) is 16.1 Å². The maximum absolute atomic E-state index is 12.0. The Morgan fingerprint density at radius 1 is 1.24 bits per heavy atom. The summed E-state index contributed by atoms with van der Waals surface area (Å²) in [5.74, 6) is -0.0607. The number of amides is 2. The van der Waals surface area contributed by atoms with E-state index < -0.39 is 0 Å². The van der Waals surface area contributed by atoms with E-state index in [1.165, 1.54) is 16.3 Å². The van der Waals surface area contributed by atoms with Crippen molar-refractivity contribution >= 4 is 50.6 Å². The fraction of sp³-hybridized carbons (Fsp3) is 0.0714. The van der Waals surface area contributed by atoms with Crippen LogP contribution in [0.3, 0.4) is 0 Å². The predicted octanol–water partition coefficient (Wildman–Crippen LogP) is 2.99. The van der Waals surface area contributed by atoms with Gasteiger partial charge in [0, 0.05) is 0 Å². The van der Waals surface area contributed by atoms with Crippen molar-refractivity contribution in [2.75, 3.05) is 5.01 Å². The van der Waals surface area contributed by atoms with E-state index in [1.54, 1.807) is 24.3 Å². The monoisotopic (exact) mass is 363 g/mol. The number of thiophene rings is 1. The Morgan fingerprint density at radius 2 is 2.00 bits per heavy atom. The van der Waals surface area contributed by atoms with Crippen LogP contribution < -0.4 is 10.3 Å². The highest BCUT2D eigenvalue weighted by Crippen LogP contribution is 2.23. The van der Waals surface area contributed by atoms with Gasteiger partial charge < -0.3 is 5.32 Å². The van der Waals surface area contributed by atoms with Gasteiger partial charge in [0.25, 0.3) is 11.8 Å². The zero-order valence-electron chi connectivity index (χ0n) is 10.7. The number of hydrazone groups is 1. The molecule has 0 spiro atoms. The van der Waals surface area contributed by atoms with E-state index in [0.717, 1.165) is 3.79 Å². The second kappa shape index (κ2) is 5.79. The van der Waals surface area contributed by atoms with Crippen LogP contribution in [0.25, 0.3) is 0 Å². The van der Waals surface area contributed by atoms with Gasteiger partial charge in [-0.25, -0.2) is 0 Å². The summed E-state index contributed by atoms with van der Waals surface area (Å²) in [6.45, 7) is 0. The van der Waals surface area contributed by atoms with E-state index in [-0.39, 0.29) is 18.2 Å². The number of carbonyl (C=O) groups is 2. The summed E-state index contributed by atoms with van der Waals surface area (Å²) in [5, 5.41) is 8.16. The number of nitrogens with zero attached hydrogens (tertiary/aromatic N) is 2. The average molecular weight is 364 g/mol. The molecule has 0 atom stereocenters. The highest BCUT2D eigenvalue weighted by molar-refractivity contribution is 9.11. The van der Waals surface area contributed by atoms with Gasteiger partial charge in [-0.1, -0.05) is 18.2 Å². The van der Waals surface area contributed by atoms with Crippen LogP contribution in [-0.4, -0.2) is 17.6 Å². The summed E-state index contributed by atoms with van der Waals surface area (Å²) in [6, 6.07) is 12.6. The fourth-order valence-electron chi connectivity index (χ4n) is 1.90. The number of anilines is 1. The zero-order chi connectivity index (χ0) is 14.8. The molecule has 21 heavy (non-hydrogen) atoms. The number of hydrogen-bond donors (Lipinski definition) is 1. The van der Waals surface area contributed by atoms with Gasteiger partial charge in [-0.15, -0.1) is 11.3 Å². The maximum Gasteiger partial charge on any atom is 0.266 e. The molecule has 7 heteroatoms. The third-order valence-electron chi connectivity index (χ3n) is 2.83. The Hall–Kier alpha value is -1.99. The number of rotatable bonds is 2. The van der Waals surface area contributed by atoms with Gasteiger partial charge in [-0.2, -0.15) is 10.1 Å². The van der Waals surface area contributed by atoms with E-state index >= 15 is 0 Å². The lowest BCUT2D eigenvalue weighted by Crippen LogP contribution is -2.29. The summed E-state index contributed by atoms with van der Waals surface area (Å²) in [7, 11) is 0. The first kappa shape index (κ1) is 14.0. The quantitative estimate of drug-likeness (QED) is 0.891. The molecule has 3 rings (SSSR count).